The van der Waals surface area contributed by atoms with Crippen molar-refractivity contribution < 1.29 is 4.79 Å². The molecule has 5 nitrogen and oxygen atoms in total. The maximum absolute atomic E-state index is 12.5. The van der Waals surface area contributed by atoms with Crippen LogP contribution in [-0.4, -0.2) is 26.8 Å². The highest BCUT2D eigenvalue weighted by atomic mass is 32.1. The number of benzene rings is 2. The number of aromatic amines is 1. The Labute approximate surface area is 178 Å². The van der Waals surface area contributed by atoms with E-state index in [1.165, 1.54) is 16.5 Å². The molecule has 0 unspecified atom stereocenters. The van der Waals surface area contributed by atoms with Crippen LogP contribution in [0.5, 0.6) is 0 Å². The molecule has 3 heterocycles. The van der Waals surface area contributed by atoms with Crippen LogP contribution in [0.15, 0.2) is 66.3 Å². The van der Waals surface area contributed by atoms with Crippen molar-refractivity contribution in [3.63, 3.8) is 0 Å². The molecule has 0 fully saturated rings. The van der Waals surface area contributed by atoms with Crippen molar-refractivity contribution in [2.45, 2.75) is 19.8 Å². The summed E-state index contributed by atoms with van der Waals surface area (Å²) in [5.41, 5.74) is 6.56. The van der Waals surface area contributed by atoms with Gasteiger partial charge in [0.2, 0.25) is 5.91 Å². The van der Waals surface area contributed by atoms with Gasteiger partial charge < -0.3 is 10.3 Å². The number of rotatable bonds is 6. The molecule has 0 saturated carbocycles. The Kier molecular flexibility index (Phi) is 4.85. The number of amides is 1. The van der Waals surface area contributed by atoms with Crippen LogP contribution in [-0.2, 0) is 17.6 Å². The van der Waals surface area contributed by atoms with Gasteiger partial charge in [0.15, 0.2) is 4.96 Å². The number of aryl methyl sites for hydroxylation is 1. The van der Waals surface area contributed by atoms with Gasteiger partial charge in [-0.05, 0) is 25.0 Å². The lowest BCUT2D eigenvalue weighted by molar-refractivity contribution is -0.120. The van der Waals surface area contributed by atoms with Crippen LogP contribution in [0.3, 0.4) is 0 Å². The van der Waals surface area contributed by atoms with Gasteiger partial charge in [0.1, 0.15) is 0 Å². The Morgan fingerprint density at radius 1 is 1.17 bits per heavy atom. The molecule has 0 atom stereocenters. The zero-order chi connectivity index (χ0) is 20.5. The van der Waals surface area contributed by atoms with E-state index in [9.17, 15) is 4.79 Å². The smallest absolute Gasteiger partial charge is 0.225 e. The van der Waals surface area contributed by atoms with Crippen molar-refractivity contribution >= 4 is 33.1 Å². The third kappa shape index (κ3) is 3.62. The third-order valence-electron chi connectivity index (χ3n) is 5.36. The van der Waals surface area contributed by atoms with E-state index in [-0.39, 0.29) is 5.91 Å². The predicted octanol–water partition coefficient (Wildman–Crippen LogP) is 4.75. The van der Waals surface area contributed by atoms with Gasteiger partial charge in [0, 0.05) is 46.5 Å². The number of nitrogens with one attached hydrogen (secondary N) is 2. The molecule has 0 radical (unpaired) electrons. The molecule has 2 N–H and O–H groups in total. The minimum atomic E-state index is 0.0279. The van der Waals surface area contributed by atoms with Crippen molar-refractivity contribution in [3.05, 3.63) is 83.1 Å². The first-order chi connectivity index (χ1) is 14.7. The number of fused-ring (bicyclic) bond motifs is 2. The van der Waals surface area contributed by atoms with Gasteiger partial charge in [-0.2, -0.15) is 0 Å². The molecule has 0 aliphatic rings. The van der Waals surface area contributed by atoms with Gasteiger partial charge in [0.05, 0.1) is 12.1 Å². The largest absolute Gasteiger partial charge is 0.361 e. The Bertz CT molecular complexity index is 1330. The van der Waals surface area contributed by atoms with Gasteiger partial charge in [-0.3, -0.25) is 9.20 Å². The van der Waals surface area contributed by atoms with E-state index in [1.54, 1.807) is 11.3 Å². The highest BCUT2D eigenvalue weighted by Crippen LogP contribution is 2.24. The number of aromatic nitrogens is 3. The van der Waals surface area contributed by atoms with Crippen LogP contribution in [0, 0.1) is 6.92 Å². The summed E-state index contributed by atoms with van der Waals surface area (Å²) in [5.74, 6) is 0.0279. The Hall–Kier alpha value is -3.38. The van der Waals surface area contributed by atoms with Crippen molar-refractivity contribution in [1.82, 2.24) is 19.7 Å². The van der Waals surface area contributed by atoms with Crippen LogP contribution in [0.1, 0.15) is 16.8 Å². The molecule has 0 saturated heterocycles. The van der Waals surface area contributed by atoms with E-state index < -0.39 is 0 Å². The number of hydrogen-bond donors (Lipinski definition) is 2. The fourth-order valence-corrected chi connectivity index (χ4v) is 4.59. The summed E-state index contributed by atoms with van der Waals surface area (Å²) in [6.45, 7) is 2.69. The first-order valence-electron chi connectivity index (χ1n) is 10.0. The van der Waals surface area contributed by atoms with Crippen LogP contribution < -0.4 is 5.32 Å². The van der Waals surface area contributed by atoms with Crippen LogP contribution in [0.2, 0.25) is 0 Å². The predicted molar refractivity (Wildman–Crippen MR) is 122 cm³/mol. The number of H-pyrrole nitrogens is 1. The van der Waals surface area contributed by atoms with Gasteiger partial charge in [-0.1, -0.05) is 48.0 Å². The average Bonchev–Trinajstić information content (AvgIpc) is 3.45. The van der Waals surface area contributed by atoms with Gasteiger partial charge in [0.25, 0.3) is 0 Å². The Morgan fingerprint density at radius 2 is 2.00 bits per heavy atom. The number of para-hydroxylation sites is 1. The molecular weight excluding hydrogens is 392 g/mol. The summed E-state index contributed by atoms with van der Waals surface area (Å²) in [5, 5.41) is 6.28. The molecule has 150 valence electrons. The summed E-state index contributed by atoms with van der Waals surface area (Å²) in [7, 11) is 0. The maximum atomic E-state index is 12.5. The van der Waals surface area contributed by atoms with Crippen molar-refractivity contribution in [2.24, 2.45) is 0 Å². The molecule has 0 bridgehead atoms. The van der Waals surface area contributed by atoms with E-state index >= 15 is 0 Å². The second kappa shape index (κ2) is 7.80. The highest BCUT2D eigenvalue weighted by molar-refractivity contribution is 7.15. The Morgan fingerprint density at radius 3 is 2.87 bits per heavy atom. The van der Waals surface area contributed by atoms with E-state index in [0.717, 1.165) is 33.8 Å². The first-order valence-corrected chi connectivity index (χ1v) is 10.9. The zero-order valence-corrected chi connectivity index (χ0v) is 17.5. The van der Waals surface area contributed by atoms with Crippen molar-refractivity contribution in [1.29, 1.82) is 0 Å². The van der Waals surface area contributed by atoms with Crippen LogP contribution in [0.25, 0.3) is 27.1 Å². The van der Waals surface area contributed by atoms with Crippen molar-refractivity contribution in [3.8, 4) is 11.3 Å². The summed E-state index contributed by atoms with van der Waals surface area (Å²) < 4.78 is 2.03. The molecule has 0 aliphatic heterocycles. The molecule has 30 heavy (non-hydrogen) atoms. The lowest BCUT2D eigenvalue weighted by atomic mass is 10.1. The van der Waals surface area contributed by atoms with Crippen LogP contribution in [0.4, 0.5) is 0 Å². The molecule has 0 spiro atoms. The number of thiazole rings is 1. The fourth-order valence-electron chi connectivity index (χ4n) is 3.72. The fraction of sp³-hybridized carbons (Fsp3) is 0.167. The van der Waals surface area contributed by atoms with Gasteiger partial charge >= 0.3 is 0 Å². The topological polar surface area (TPSA) is 62.2 Å². The average molecular weight is 415 g/mol. The molecule has 5 aromatic rings. The second-order valence-electron chi connectivity index (χ2n) is 7.51. The van der Waals surface area contributed by atoms with E-state index in [0.29, 0.717) is 13.0 Å². The summed E-state index contributed by atoms with van der Waals surface area (Å²) in [6.07, 6.45) is 5.19. The number of carbonyl (C=O) groups excluding carboxylic acids is 1. The highest BCUT2D eigenvalue weighted by Gasteiger charge is 2.13. The third-order valence-corrected chi connectivity index (χ3v) is 6.25. The van der Waals surface area contributed by atoms with Gasteiger partial charge in [-0.25, -0.2) is 4.98 Å². The summed E-state index contributed by atoms with van der Waals surface area (Å²) in [4.78, 5) is 21.4. The lowest BCUT2D eigenvalue weighted by Gasteiger charge is -2.04. The monoisotopic (exact) mass is 414 g/mol. The summed E-state index contributed by atoms with van der Waals surface area (Å²) >= 11 is 1.57. The molecule has 2 aromatic carbocycles. The number of nitrogens with zero attached hydrogens (tertiary/aromatic N) is 2. The normalized spacial score (nSPS) is 11.4. The minimum absolute atomic E-state index is 0.0279. The van der Waals surface area contributed by atoms with Gasteiger partial charge in [-0.15, -0.1) is 11.3 Å². The standard InChI is InChI=1S/C24H22N4OS/c1-16-6-8-17(9-7-16)22-14-28-19(15-30-24(28)27-22)12-23(29)25-11-10-18-13-26-21-5-3-2-4-20(18)21/h2-9,13-15,26H,10-12H2,1H3,(H,25,29). The quantitative estimate of drug-likeness (QED) is 0.421. The van der Waals surface area contributed by atoms with E-state index in [1.807, 2.05) is 34.3 Å². The van der Waals surface area contributed by atoms with Crippen molar-refractivity contribution in [2.75, 3.05) is 6.54 Å². The zero-order valence-electron chi connectivity index (χ0n) is 16.7. The number of imidazole rings is 1. The lowest BCUT2D eigenvalue weighted by Crippen LogP contribution is -2.27. The van der Waals surface area contributed by atoms with E-state index in [2.05, 4.69) is 53.6 Å². The first kappa shape index (κ1) is 18.6. The number of carbonyl (C=O) groups is 1. The second-order valence-corrected chi connectivity index (χ2v) is 8.34. The summed E-state index contributed by atoms with van der Waals surface area (Å²) in [6, 6.07) is 16.6. The van der Waals surface area contributed by atoms with E-state index in [4.69, 9.17) is 4.98 Å². The molecular formula is C24H22N4OS. The minimum Gasteiger partial charge on any atom is -0.361 e. The molecule has 5 rings (SSSR count). The molecule has 3 aromatic heterocycles. The van der Waals surface area contributed by atoms with Crippen LogP contribution >= 0.6 is 11.3 Å². The molecule has 1 amide bonds. The number of hydrogen-bond acceptors (Lipinski definition) is 3. The molecule has 0 aliphatic carbocycles. The maximum Gasteiger partial charge on any atom is 0.225 e. The molecule has 6 heteroatoms. The Balaban J connectivity index is 1.24. The SMILES string of the molecule is Cc1ccc(-c2cn3c(CC(=O)NCCc4c[nH]c5ccccc45)csc3n2)cc1.